The van der Waals surface area contributed by atoms with Gasteiger partial charge in [0.15, 0.2) is 11.5 Å². The Morgan fingerprint density at radius 2 is 1.79 bits per heavy atom. The third-order valence-corrected chi connectivity index (χ3v) is 7.10. The minimum atomic E-state index is -4.85. The first-order valence-corrected chi connectivity index (χ1v) is 12.4. The predicted molar refractivity (Wildman–Crippen MR) is 134 cm³/mol. The van der Waals surface area contributed by atoms with Crippen molar-refractivity contribution in [3.63, 3.8) is 0 Å². The van der Waals surface area contributed by atoms with Crippen molar-refractivity contribution in [3.05, 3.63) is 83.7 Å². The molecule has 1 N–H and O–H groups in total. The van der Waals surface area contributed by atoms with E-state index < -0.39 is 46.7 Å². The summed E-state index contributed by atoms with van der Waals surface area (Å²) in [5, 5.41) is 10.3. The van der Waals surface area contributed by atoms with Gasteiger partial charge in [-0.25, -0.2) is 24.1 Å². The molecule has 1 amide bonds. The summed E-state index contributed by atoms with van der Waals surface area (Å²) in [4.78, 5) is 29.3. The third-order valence-electron chi connectivity index (χ3n) is 7.10. The standard InChI is InChI=1S/C26H19F6N9O/c1-24(17-4-7-40(38-17)25(2,28)29)10-14(15-12-35-19-9-18(27)39-41(19)21(15)24)23(42)37-13-8-16(26(30,31)32)20(36-11-13)22-33-5-3-6-34-22/h3-9,11-12,14H,10H2,1-2H3,(H,37,42)/t14-,24+/m0/s1. The number of hydrogen-bond acceptors (Lipinski definition) is 7. The van der Waals surface area contributed by atoms with Crippen LogP contribution < -0.4 is 5.32 Å². The zero-order valence-electron chi connectivity index (χ0n) is 21.7. The van der Waals surface area contributed by atoms with Gasteiger partial charge >= 0.3 is 12.2 Å². The number of fused-ring (bicyclic) bond motifs is 3. The summed E-state index contributed by atoms with van der Waals surface area (Å²) in [7, 11) is 0. The molecule has 42 heavy (non-hydrogen) atoms. The zero-order chi connectivity index (χ0) is 30.0. The SMILES string of the molecule is CC(F)(F)n1ccc([C@@]2(C)C[C@H](C(=O)Nc3cnc(-c4ncccn4)c(C(F)(F)F)c3)c3cnc4cc(F)nn4c32)n1. The predicted octanol–water partition coefficient (Wildman–Crippen LogP) is 4.94. The maximum absolute atomic E-state index is 14.2. The van der Waals surface area contributed by atoms with Crippen molar-refractivity contribution in [1.29, 1.82) is 0 Å². The zero-order valence-corrected chi connectivity index (χ0v) is 21.7. The van der Waals surface area contributed by atoms with Crippen molar-refractivity contribution in [2.75, 3.05) is 5.32 Å². The summed E-state index contributed by atoms with van der Waals surface area (Å²) < 4.78 is 85.7. The van der Waals surface area contributed by atoms with Crippen LogP contribution in [0.1, 0.15) is 48.7 Å². The van der Waals surface area contributed by atoms with Crippen LogP contribution >= 0.6 is 0 Å². The average molecular weight is 587 g/mol. The highest BCUT2D eigenvalue weighted by Crippen LogP contribution is 2.50. The molecule has 0 unspecified atom stereocenters. The Hall–Kier alpha value is -4.89. The number of nitrogens with zero attached hydrogens (tertiary/aromatic N) is 8. The van der Waals surface area contributed by atoms with Gasteiger partial charge in [-0.2, -0.15) is 31.4 Å². The van der Waals surface area contributed by atoms with E-state index in [0.717, 1.165) is 24.5 Å². The molecular formula is C26H19F6N9O. The fraction of sp³-hybridized carbons (Fsp3) is 0.269. The van der Waals surface area contributed by atoms with Gasteiger partial charge in [-0.1, -0.05) is 0 Å². The summed E-state index contributed by atoms with van der Waals surface area (Å²) in [6.45, 7) is 2.30. The van der Waals surface area contributed by atoms with Gasteiger partial charge < -0.3 is 5.32 Å². The minimum Gasteiger partial charge on any atom is -0.324 e. The number of hydrogen-bond donors (Lipinski definition) is 1. The highest BCUT2D eigenvalue weighted by Gasteiger charge is 2.49. The lowest BCUT2D eigenvalue weighted by molar-refractivity contribution is -0.137. The second-order valence-corrected chi connectivity index (χ2v) is 10.1. The molecule has 10 nitrogen and oxygen atoms in total. The molecule has 0 fully saturated rings. The molecule has 0 spiro atoms. The highest BCUT2D eigenvalue weighted by molar-refractivity contribution is 5.97. The third kappa shape index (κ3) is 4.52. The molecule has 1 aliphatic rings. The number of aromatic nitrogens is 8. The molecule has 0 aromatic carbocycles. The smallest absolute Gasteiger partial charge is 0.324 e. The molecule has 0 radical (unpaired) electrons. The number of carbonyl (C=O) groups excluding carboxylic acids is 1. The Kier molecular flexibility index (Phi) is 6.06. The summed E-state index contributed by atoms with van der Waals surface area (Å²) in [5.41, 5.74) is -2.35. The molecular weight excluding hydrogens is 568 g/mol. The van der Waals surface area contributed by atoms with Gasteiger partial charge in [0.1, 0.15) is 5.69 Å². The van der Waals surface area contributed by atoms with Gasteiger partial charge in [0, 0.05) is 43.3 Å². The molecule has 0 saturated carbocycles. The van der Waals surface area contributed by atoms with Crippen molar-refractivity contribution in [2.45, 2.75) is 43.8 Å². The first kappa shape index (κ1) is 27.3. The number of anilines is 1. The van der Waals surface area contributed by atoms with Crippen LogP contribution in [0.5, 0.6) is 0 Å². The maximum atomic E-state index is 14.2. The van der Waals surface area contributed by atoms with Gasteiger partial charge in [-0.15, -0.1) is 5.10 Å². The molecule has 1 aliphatic carbocycles. The second-order valence-electron chi connectivity index (χ2n) is 10.1. The molecule has 6 rings (SSSR count). The van der Waals surface area contributed by atoms with Crippen molar-refractivity contribution in [2.24, 2.45) is 0 Å². The van der Waals surface area contributed by atoms with Crippen molar-refractivity contribution in [1.82, 2.24) is 39.3 Å². The van der Waals surface area contributed by atoms with Crippen LogP contribution in [-0.2, 0) is 22.4 Å². The normalized spacial score (nSPS) is 18.8. The minimum absolute atomic E-state index is 0.0573. The van der Waals surface area contributed by atoms with Crippen LogP contribution in [0.15, 0.2) is 55.2 Å². The van der Waals surface area contributed by atoms with Crippen molar-refractivity contribution >= 4 is 17.2 Å². The molecule has 0 aliphatic heterocycles. The van der Waals surface area contributed by atoms with Crippen LogP contribution in [0.2, 0.25) is 0 Å². The molecule has 216 valence electrons. The van der Waals surface area contributed by atoms with E-state index in [0.29, 0.717) is 11.6 Å². The van der Waals surface area contributed by atoms with Gasteiger partial charge in [-0.05, 0) is 31.5 Å². The lowest BCUT2D eigenvalue weighted by Gasteiger charge is -2.24. The fourth-order valence-electron chi connectivity index (χ4n) is 5.22. The van der Waals surface area contributed by atoms with Gasteiger partial charge in [0.05, 0.1) is 40.2 Å². The van der Waals surface area contributed by atoms with E-state index in [1.54, 1.807) is 6.92 Å². The Bertz CT molecular complexity index is 1830. The number of nitrogens with one attached hydrogen (secondary N) is 1. The Labute approximate surface area is 232 Å². The van der Waals surface area contributed by atoms with E-state index in [1.807, 2.05) is 0 Å². The molecule has 0 saturated heterocycles. The largest absolute Gasteiger partial charge is 0.418 e. The van der Waals surface area contributed by atoms with Gasteiger partial charge in [-0.3, -0.25) is 9.78 Å². The molecule has 0 bridgehead atoms. The van der Waals surface area contributed by atoms with E-state index in [4.69, 9.17) is 0 Å². The first-order chi connectivity index (χ1) is 19.8. The van der Waals surface area contributed by atoms with Crippen LogP contribution in [0.3, 0.4) is 0 Å². The summed E-state index contributed by atoms with van der Waals surface area (Å²) in [6, 6.07) is 1.27. The molecule has 5 aromatic rings. The quantitative estimate of drug-likeness (QED) is 0.290. The first-order valence-electron chi connectivity index (χ1n) is 12.4. The number of pyridine rings is 1. The van der Waals surface area contributed by atoms with E-state index in [1.165, 1.54) is 35.2 Å². The van der Waals surface area contributed by atoms with Crippen molar-refractivity contribution < 1.29 is 31.1 Å². The Morgan fingerprint density at radius 3 is 2.45 bits per heavy atom. The highest BCUT2D eigenvalue weighted by atomic mass is 19.4. The van der Waals surface area contributed by atoms with Crippen LogP contribution in [0.25, 0.3) is 17.2 Å². The average Bonchev–Trinajstić information content (AvgIpc) is 3.64. The molecule has 2 atom stereocenters. The molecule has 5 aromatic heterocycles. The Balaban J connectivity index is 1.40. The van der Waals surface area contributed by atoms with Crippen LogP contribution in [-0.4, -0.2) is 45.2 Å². The van der Waals surface area contributed by atoms with Crippen LogP contribution in [0, 0.1) is 5.95 Å². The molecule has 16 heteroatoms. The van der Waals surface area contributed by atoms with E-state index >= 15 is 0 Å². The lowest BCUT2D eigenvalue weighted by atomic mass is 9.82. The van der Waals surface area contributed by atoms with Gasteiger partial charge in [0.2, 0.25) is 11.9 Å². The Morgan fingerprint density at radius 1 is 1.05 bits per heavy atom. The van der Waals surface area contributed by atoms with Gasteiger partial charge in [0.25, 0.3) is 0 Å². The lowest BCUT2D eigenvalue weighted by Crippen LogP contribution is -2.27. The van der Waals surface area contributed by atoms with Crippen LogP contribution in [0.4, 0.5) is 32.0 Å². The van der Waals surface area contributed by atoms with E-state index in [2.05, 4.69) is 35.5 Å². The van der Waals surface area contributed by atoms with Crippen molar-refractivity contribution in [3.8, 4) is 11.5 Å². The number of amides is 1. The summed E-state index contributed by atoms with van der Waals surface area (Å²) in [6.07, 6.45) is 1.10. The summed E-state index contributed by atoms with van der Waals surface area (Å²) in [5.74, 6) is -2.88. The van der Waals surface area contributed by atoms with E-state index in [9.17, 15) is 31.1 Å². The number of rotatable bonds is 5. The second kappa shape index (κ2) is 9.32. The topological polar surface area (TPSA) is 116 Å². The number of halogens is 6. The fourth-order valence-corrected chi connectivity index (χ4v) is 5.22. The maximum Gasteiger partial charge on any atom is 0.418 e. The number of alkyl halides is 5. The van der Waals surface area contributed by atoms with E-state index in [-0.39, 0.29) is 40.5 Å². The monoisotopic (exact) mass is 587 g/mol. The summed E-state index contributed by atoms with van der Waals surface area (Å²) >= 11 is 0. The molecule has 5 heterocycles. The number of carbonyl (C=O) groups is 1.